The molecule has 2 aromatic rings. The van der Waals surface area contributed by atoms with Crippen molar-refractivity contribution < 1.29 is 4.79 Å². The van der Waals surface area contributed by atoms with Crippen LogP contribution in [0.4, 0.5) is 0 Å². The Bertz CT molecular complexity index is 689. The van der Waals surface area contributed by atoms with Gasteiger partial charge in [0.05, 0.1) is 0 Å². The summed E-state index contributed by atoms with van der Waals surface area (Å²) in [5.41, 5.74) is 2.55. The Balaban J connectivity index is 1.34. The molecule has 1 fully saturated rings. The first-order chi connectivity index (χ1) is 12.8. The SMILES string of the molecule is O=C(CCCc1ccccc1)N1CCN(CC=Cc2ccccc2)CC1. The van der Waals surface area contributed by atoms with Crippen LogP contribution in [0.2, 0.25) is 0 Å². The average molecular weight is 348 g/mol. The summed E-state index contributed by atoms with van der Waals surface area (Å²) in [5.74, 6) is 0.306. The van der Waals surface area contributed by atoms with E-state index in [9.17, 15) is 4.79 Å². The van der Waals surface area contributed by atoms with Crippen molar-refractivity contribution in [1.29, 1.82) is 0 Å². The Morgan fingerprint density at radius 3 is 2.23 bits per heavy atom. The van der Waals surface area contributed by atoms with Gasteiger partial charge >= 0.3 is 0 Å². The minimum Gasteiger partial charge on any atom is -0.340 e. The fourth-order valence-electron chi connectivity index (χ4n) is 3.33. The highest BCUT2D eigenvalue weighted by Gasteiger charge is 2.19. The molecule has 1 aliphatic rings. The van der Waals surface area contributed by atoms with Gasteiger partial charge in [-0.2, -0.15) is 0 Å². The molecule has 2 aromatic carbocycles. The number of rotatable bonds is 7. The molecule has 0 radical (unpaired) electrons. The van der Waals surface area contributed by atoms with E-state index in [-0.39, 0.29) is 0 Å². The lowest BCUT2D eigenvalue weighted by Crippen LogP contribution is -2.48. The van der Waals surface area contributed by atoms with Crippen LogP contribution in [-0.2, 0) is 11.2 Å². The van der Waals surface area contributed by atoms with Crippen LogP contribution in [0.3, 0.4) is 0 Å². The first kappa shape index (κ1) is 18.4. The van der Waals surface area contributed by atoms with Crippen LogP contribution < -0.4 is 0 Å². The smallest absolute Gasteiger partial charge is 0.222 e. The molecule has 3 nitrogen and oxygen atoms in total. The van der Waals surface area contributed by atoms with Crippen LogP contribution >= 0.6 is 0 Å². The molecule has 1 saturated heterocycles. The molecule has 1 aliphatic heterocycles. The molecule has 1 amide bonds. The van der Waals surface area contributed by atoms with Crippen molar-refractivity contribution in [1.82, 2.24) is 9.80 Å². The number of nitrogens with zero attached hydrogens (tertiary/aromatic N) is 2. The molecule has 0 spiro atoms. The van der Waals surface area contributed by atoms with Crippen LogP contribution in [-0.4, -0.2) is 48.4 Å². The second-order valence-corrected chi connectivity index (χ2v) is 6.83. The van der Waals surface area contributed by atoms with Gasteiger partial charge in [0.15, 0.2) is 0 Å². The zero-order valence-corrected chi connectivity index (χ0v) is 15.4. The predicted molar refractivity (Wildman–Crippen MR) is 108 cm³/mol. The number of benzene rings is 2. The van der Waals surface area contributed by atoms with Crippen LogP contribution in [0.25, 0.3) is 6.08 Å². The standard InChI is InChI=1S/C23H28N2O/c26-23(15-7-13-21-9-3-1-4-10-21)25-19-17-24(18-20-25)16-8-14-22-11-5-2-6-12-22/h1-6,8-12,14H,7,13,15-20H2. The van der Waals surface area contributed by atoms with Crippen LogP contribution in [0.1, 0.15) is 24.0 Å². The van der Waals surface area contributed by atoms with Gasteiger partial charge in [0.1, 0.15) is 0 Å². The minimum absolute atomic E-state index is 0.306. The normalized spacial score (nSPS) is 15.5. The largest absolute Gasteiger partial charge is 0.340 e. The summed E-state index contributed by atoms with van der Waals surface area (Å²) in [6.07, 6.45) is 6.95. The summed E-state index contributed by atoms with van der Waals surface area (Å²) < 4.78 is 0. The second kappa shape index (κ2) is 9.93. The lowest BCUT2D eigenvalue weighted by Gasteiger charge is -2.34. The summed E-state index contributed by atoms with van der Waals surface area (Å²) in [7, 11) is 0. The number of piperazine rings is 1. The van der Waals surface area contributed by atoms with Crippen LogP contribution in [0.15, 0.2) is 66.7 Å². The first-order valence-corrected chi connectivity index (χ1v) is 9.57. The number of amides is 1. The van der Waals surface area contributed by atoms with Crippen LogP contribution in [0.5, 0.6) is 0 Å². The van der Waals surface area contributed by atoms with Crippen molar-refractivity contribution in [3.63, 3.8) is 0 Å². The fraction of sp³-hybridized carbons (Fsp3) is 0.348. The zero-order valence-electron chi connectivity index (χ0n) is 15.4. The molecule has 0 bridgehead atoms. The van der Waals surface area contributed by atoms with E-state index in [1.807, 2.05) is 17.0 Å². The molecule has 0 saturated carbocycles. The Morgan fingerprint density at radius 2 is 1.54 bits per heavy atom. The zero-order chi connectivity index (χ0) is 18.0. The van der Waals surface area contributed by atoms with Crippen LogP contribution in [0, 0.1) is 0 Å². The van der Waals surface area contributed by atoms with E-state index in [0.717, 1.165) is 45.6 Å². The summed E-state index contributed by atoms with van der Waals surface area (Å²) in [5, 5.41) is 0. The van der Waals surface area contributed by atoms with Gasteiger partial charge in [-0.15, -0.1) is 0 Å². The number of carbonyl (C=O) groups excluding carboxylic acids is 1. The van der Waals surface area contributed by atoms with Crippen molar-refractivity contribution in [2.45, 2.75) is 19.3 Å². The highest BCUT2D eigenvalue weighted by atomic mass is 16.2. The van der Waals surface area contributed by atoms with Crippen molar-refractivity contribution in [3.05, 3.63) is 77.9 Å². The van der Waals surface area contributed by atoms with E-state index in [1.165, 1.54) is 11.1 Å². The molecule has 1 heterocycles. The van der Waals surface area contributed by atoms with Gasteiger partial charge in [-0.1, -0.05) is 72.8 Å². The molecular formula is C23H28N2O. The molecule has 0 atom stereocenters. The van der Waals surface area contributed by atoms with E-state index in [0.29, 0.717) is 12.3 Å². The monoisotopic (exact) mass is 348 g/mol. The number of hydrogen-bond donors (Lipinski definition) is 0. The predicted octanol–water partition coefficient (Wildman–Crippen LogP) is 3.87. The summed E-state index contributed by atoms with van der Waals surface area (Å²) in [6.45, 7) is 4.57. The Morgan fingerprint density at radius 1 is 0.885 bits per heavy atom. The van der Waals surface area contributed by atoms with Crippen molar-refractivity contribution >= 4 is 12.0 Å². The third-order valence-electron chi connectivity index (χ3n) is 4.90. The molecule has 0 unspecified atom stereocenters. The van der Waals surface area contributed by atoms with Crippen molar-refractivity contribution in [3.8, 4) is 0 Å². The highest BCUT2D eigenvalue weighted by Crippen LogP contribution is 2.09. The molecule has 3 rings (SSSR count). The van der Waals surface area contributed by atoms with Gasteiger partial charge in [-0.25, -0.2) is 0 Å². The third kappa shape index (κ3) is 5.85. The lowest BCUT2D eigenvalue weighted by molar-refractivity contribution is -0.132. The Kier molecular flexibility index (Phi) is 7.03. The van der Waals surface area contributed by atoms with Gasteiger partial charge in [0.25, 0.3) is 0 Å². The maximum Gasteiger partial charge on any atom is 0.222 e. The number of carbonyl (C=O) groups is 1. The van der Waals surface area contributed by atoms with Crippen molar-refractivity contribution in [2.24, 2.45) is 0 Å². The second-order valence-electron chi connectivity index (χ2n) is 6.83. The minimum atomic E-state index is 0.306. The van der Waals surface area contributed by atoms with Crippen molar-refractivity contribution in [2.75, 3.05) is 32.7 Å². The Hall–Kier alpha value is -2.39. The van der Waals surface area contributed by atoms with E-state index >= 15 is 0 Å². The Labute approximate surface area is 156 Å². The topological polar surface area (TPSA) is 23.6 Å². The highest BCUT2D eigenvalue weighted by molar-refractivity contribution is 5.76. The average Bonchev–Trinajstić information content (AvgIpc) is 2.70. The fourth-order valence-corrected chi connectivity index (χ4v) is 3.33. The van der Waals surface area contributed by atoms with E-state index in [2.05, 4.69) is 65.6 Å². The lowest BCUT2D eigenvalue weighted by atomic mass is 10.1. The molecule has 136 valence electrons. The van der Waals surface area contributed by atoms with E-state index in [4.69, 9.17) is 0 Å². The summed E-state index contributed by atoms with van der Waals surface area (Å²) in [6, 6.07) is 20.8. The van der Waals surface area contributed by atoms with Gasteiger partial charge in [0, 0.05) is 39.1 Å². The van der Waals surface area contributed by atoms with Gasteiger partial charge < -0.3 is 4.90 Å². The molecule has 0 aromatic heterocycles. The molecule has 0 N–H and O–H groups in total. The maximum atomic E-state index is 12.4. The third-order valence-corrected chi connectivity index (χ3v) is 4.90. The molecule has 3 heteroatoms. The maximum absolute atomic E-state index is 12.4. The molecular weight excluding hydrogens is 320 g/mol. The first-order valence-electron chi connectivity index (χ1n) is 9.57. The van der Waals surface area contributed by atoms with E-state index in [1.54, 1.807) is 0 Å². The molecule has 26 heavy (non-hydrogen) atoms. The summed E-state index contributed by atoms with van der Waals surface area (Å²) in [4.78, 5) is 16.8. The quantitative estimate of drug-likeness (QED) is 0.758. The molecule has 0 aliphatic carbocycles. The van der Waals surface area contributed by atoms with Gasteiger partial charge in [-0.3, -0.25) is 9.69 Å². The van der Waals surface area contributed by atoms with E-state index < -0.39 is 0 Å². The van der Waals surface area contributed by atoms with Gasteiger partial charge in [0.2, 0.25) is 5.91 Å². The number of hydrogen-bond acceptors (Lipinski definition) is 2. The number of aryl methyl sites for hydroxylation is 1. The summed E-state index contributed by atoms with van der Waals surface area (Å²) >= 11 is 0. The van der Waals surface area contributed by atoms with Gasteiger partial charge in [-0.05, 0) is 24.0 Å².